The highest BCUT2D eigenvalue weighted by molar-refractivity contribution is 5.90. The lowest BCUT2D eigenvalue weighted by Gasteiger charge is -2.39. The number of hydrogen-bond donors (Lipinski definition) is 0. The molecule has 5 heteroatoms. The summed E-state index contributed by atoms with van der Waals surface area (Å²) >= 11 is 0. The highest BCUT2D eigenvalue weighted by Gasteiger charge is 2.35. The molecule has 0 atom stereocenters. The van der Waals surface area contributed by atoms with Gasteiger partial charge in [0, 0.05) is 11.5 Å². The Hall–Kier alpha value is -1.78. The van der Waals surface area contributed by atoms with E-state index in [9.17, 15) is 9.59 Å². The Morgan fingerprint density at radius 2 is 1.68 bits per heavy atom. The Labute approximate surface area is 112 Å². The van der Waals surface area contributed by atoms with E-state index in [0.717, 1.165) is 25.7 Å². The van der Waals surface area contributed by atoms with Crippen molar-refractivity contribution in [3.8, 4) is 0 Å². The molecule has 19 heavy (non-hydrogen) atoms. The van der Waals surface area contributed by atoms with Crippen molar-refractivity contribution in [3.05, 3.63) is 23.5 Å². The number of allylic oxidation sites excluding steroid dienone is 1. The van der Waals surface area contributed by atoms with Crippen LogP contribution in [0.3, 0.4) is 0 Å². The third-order valence-electron chi connectivity index (χ3n) is 3.56. The van der Waals surface area contributed by atoms with Gasteiger partial charge in [-0.25, -0.2) is 19.4 Å². The highest BCUT2D eigenvalue weighted by Crippen LogP contribution is 2.41. The maximum Gasteiger partial charge on any atom is 0.385 e. The standard InChI is InChI=1S/C14H18O5/c1-8(2)13(15)18-19-14(16)9(3)12-10-4-6-11(17-12)7-5-10/h10-11H,1,4-7H2,2-3H3/b12-9-. The average molecular weight is 266 g/mol. The van der Waals surface area contributed by atoms with Gasteiger partial charge >= 0.3 is 11.9 Å². The molecule has 0 N–H and O–H groups in total. The Morgan fingerprint density at radius 3 is 2.16 bits per heavy atom. The Bertz CT molecular complexity index is 441. The molecule has 1 saturated carbocycles. The van der Waals surface area contributed by atoms with Crippen LogP contribution < -0.4 is 0 Å². The second-order valence-electron chi connectivity index (χ2n) is 5.10. The molecule has 3 aliphatic rings. The van der Waals surface area contributed by atoms with E-state index in [1.165, 1.54) is 6.92 Å². The van der Waals surface area contributed by atoms with Crippen molar-refractivity contribution in [3.63, 3.8) is 0 Å². The quantitative estimate of drug-likeness (QED) is 0.436. The van der Waals surface area contributed by atoms with Gasteiger partial charge in [0.05, 0.1) is 11.7 Å². The van der Waals surface area contributed by atoms with E-state index >= 15 is 0 Å². The molecule has 0 spiro atoms. The van der Waals surface area contributed by atoms with Crippen molar-refractivity contribution in [2.45, 2.75) is 45.6 Å². The molecule has 2 heterocycles. The van der Waals surface area contributed by atoms with Gasteiger partial charge in [-0.3, -0.25) is 0 Å². The van der Waals surface area contributed by atoms with Crippen LogP contribution in [-0.2, 0) is 24.1 Å². The third kappa shape index (κ3) is 2.97. The van der Waals surface area contributed by atoms with E-state index in [1.54, 1.807) is 6.92 Å². The third-order valence-corrected chi connectivity index (χ3v) is 3.56. The van der Waals surface area contributed by atoms with Crippen molar-refractivity contribution in [2.24, 2.45) is 5.92 Å². The van der Waals surface area contributed by atoms with Crippen molar-refractivity contribution in [1.82, 2.24) is 0 Å². The van der Waals surface area contributed by atoms with Crippen LogP contribution in [0.2, 0.25) is 0 Å². The van der Waals surface area contributed by atoms with E-state index < -0.39 is 11.9 Å². The molecule has 0 unspecified atom stereocenters. The molecule has 2 aliphatic heterocycles. The monoisotopic (exact) mass is 266 g/mol. The molecular formula is C14H18O5. The van der Waals surface area contributed by atoms with Crippen LogP contribution in [0.4, 0.5) is 0 Å². The number of ether oxygens (including phenoxy) is 1. The molecule has 2 saturated heterocycles. The van der Waals surface area contributed by atoms with Gasteiger partial charge in [-0.1, -0.05) is 6.58 Å². The van der Waals surface area contributed by atoms with Crippen LogP contribution in [0.5, 0.6) is 0 Å². The predicted molar refractivity (Wildman–Crippen MR) is 66.5 cm³/mol. The van der Waals surface area contributed by atoms with Gasteiger partial charge in [-0.2, -0.15) is 0 Å². The van der Waals surface area contributed by atoms with Gasteiger partial charge in [0.1, 0.15) is 5.76 Å². The summed E-state index contributed by atoms with van der Waals surface area (Å²) in [5, 5.41) is 0. The molecule has 0 radical (unpaired) electrons. The topological polar surface area (TPSA) is 61.8 Å². The number of carbonyl (C=O) groups excluding carboxylic acids is 2. The average Bonchev–Trinajstić information content (AvgIpc) is 2.44. The van der Waals surface area contributed by atoms with Gasteiger partial charge in [-0.15, -0.1) is 0 Å². The molecule has 0 aromatic heterocycles. The Morgan fingerprint density at radius 1 is 1.11 bits per heavy atom. The summed E-state index contributed by atoms with van der Waals surface area (Å²) in [5.41, 5.74) is 0.551. The molecular weight excluding hydrogens is 248 g/mol. The van der Waals surface area contributed by atoms with E-state index in [-0.39, 0.29) is 17.6 Å². The van der Waals surface area contributed by atoms with Crippen LogP contribution in [0, 0.1) is 5.92 Å². The molecule has 1 aliphatic carbocycles. The van der Waals surface area contributed by atoms with Crippen molar-refractivity contribution < 1.29 is 24.1 Å². The maximum absolute atomic E-state index is 11.8. The lowest BCUT2D eigenvalue weighted by Crippen LogP contribution is -2.32. The summed E-state index contributed by atoms with van der Waals surface area (Å²) in [5.74, 6) is -0.456. The lowest BCUT2D eigenvalue weighted by atomic mass is 9.81. The van der Waals surface area contributed by atoms with E-state index in [0.29, 0.717) is 11.3 Å². The van der Waals surface area contributed by atoms with Gasteiger partial charge in [0.2, 0.25) is 0 Å². The summed E-state index contributed by atoms with van der Waals surface area (Å²) in [6.07, 6.45) is 4.37. The zero-order valence-corrected chi connectivity index (χ0v) is 11.2. The van der Waals surface area contributed by atoms with Crippen molar-refractivity contribution in [1.29, 1.82) is 0 Å². The van der Waals surface area contributed by atoms with Gasteiger partial charge in [0.15, 0.2) is 0 Å². The van der Waals surface area contributed by atoms with Crippen molar-refractivity contribution in [2.75, 3.05) is 0 Å². The highest BCUT2D eigenvalue weighted by atomic mass is 17.2. The van der Waals surface area contributed by atoms with Crippen LogP contribution in [0.15, 0.2) is 23.5 Å². The number of fused-ring (bicyclic) bond motifs is 3. The number of carbonyl (C=O) groups is 2. The molecule has 3 rings (SSSR count). The second-order valence-corrected chi connectivity index (χ2v) is 5.10. The van der Waals surface area contributed by atoms with Crippen LogP contribution in [0.1, 0.15) is 39.5 Å². The summed E-state index contributed by atoms with van der Waals surface area (Å²) in [6.45, 7) is 6.51. The SMILES string of the molecule is C=C(C)C(=O)OOC(=O)/C(C)=C1\OC2CCC1CC2. The van der Waals surface area contributed by atoms with Gasteiger partial charge < -0.3 is 4.74 Å². The Kier molecular flexibility index (Phi) is 3.93. The van der Waals surface area contributed by atoms with Crippen LogP contribution in [0.25, 0.3) is 0 Å². The smallest absolute Gasteiger partial charge is 0.385 e. The normalized spacial score (nSPS) is 27.3. The minimum absolute atomic E-state index is 0.172. The summed E-state index contributed by atoms with van der Waals surface area (Å²) in [6, 6.07) is 0. The van der Waals surface area contributed by atoms with Gasteiger partial charge in [0.25, 0.3) is 0 Å². The molecule has 2 bridgehead atoms. The van der Waals surface area contributed by atoms with E-state index in [2.05, 4.69) is 16.4 Å². The summed E-state index contributed by atoms with van der Waals surface area (Å²) in [4.78, 5) is 31.8. The largest absolute Gasteiger partial charge is 0.494 e. The lowest BCUT2D eigenvalue weighted by molar-refractivity contribution is -0.252. The maximum atomic E-state index is 11.8. The number of rotatable bonds is 2. The fourth-order valence-electron chi connectivity index (χ4n) is 2.42. The van der Waals surface area contributed by atoms with Gasteiger partial charge in [-0.05, 0) is 39.5 Å². The van der Waals surface area contributed by atoms with E-state index in [1.807, 2.05) is 0 Å². The first-order chi connectivity index (χ1) is 8.99. The Balaban J connectivity index is 1.99. The first kappa shape index (κ1) is 13.6. The van der Waals surface area contributed by atoms with Crippen LogP contribution in [-0.4, -0.2) is 18.0 Å². The molecule has 3 fully saturated rings. The van der Waals surface area contributed by atoms with Crippen LogP contribution >= 0.6 is 0 Å². The minimum atomic E-state index is -0.753. The molecule has 0 aromatic carbocycles. The zero-order chi connectivity index (χ0) is 14.0. The zero-order valence-electron chi connectivity index (χ0n) is 11.2. The first-order valence-electron chi connectivity index (χ1n) is 6.45. The second kappa shape index (κ2) is 5.47. The fraction of sp³-hybridized carbons (Fsp3) is 0.571. The number of hydrogen-bond acceptors (Lipinski definition) is 5. The summed E-state index contributed by atoms with van der Waals surface area (Å²) < 4.78 is 5.74. The van der Waals surface area contributed by atoms with Crippen molar-refractivity contribution >= 4 is 11.9 Å². The molecule has 104 valence electrons. The minimum Gasteiger partial charge on any atom is -0.494 e. The van der Waals surface area contributed by atoms with E-state index in [4.69, 9.17) is 4.74 Å². The molecule has 0 amide bonds. The fourth-order valence-corrected chi connectivity index (χ4v) is 2.42. The predicted octanol–water partition coefficient (Wildman–Crippen LogP) is 2.43. The first-order valence-corrected chi connectivity index (χ1v) is 6.45. The molecule has 5 nitrogen and oxygen atoms in total. The molecule has 0 aromatic rings. The summed E-state index contributed by atoms with van der Waals surface area (Å²) in [7, 11) is 0.